The molecule has 1 aromatic rings. The summed E-state index contributed by atoms with van der Waals surface area (Å²) in [4.78, 5) is 1.35. The summed E-state index contributed by atoms with van der Waals surface area (Å²) in [5, 5.41) is 4.40. The van der Waals surface area contributed by atoms with Crippen LogP contribution in [-0.4, -0.2) is 6.54 Å². The van der Waals surface area contributed by atoms with Crippen LogP contribution >= 0.6 is 38.9 Å². The Labute approximate surface area is 128 Å². The molecular formula is C14H23BrClNS. The molecule has 0 spiro atoms. The van der Waals surface area contributed by atoms with Gasteiger partial charge in [0.25, 0.3) is 0 Å². The first kappa shape index (κ1) is 16.5. The zero-order valence-corrected chi connectivity index (χ0v) is 14.4. The van der Waals surface area contributed by atoms with Crippen LogP contribution in [0.5, 0.6) is 0 Å². The van der Waals surface area contributed by atoms with Gasteiger partial charge in [-0.2, -0.15) is 0 Å². The maximum atomic E-state index is 6.11. The molecule has 1 N–H and O–H groups in total. The van der Waals surface area contributed by atoms with Crippen molar-refractivity contribution in [2.75, 3.05) is 6.54 Å². The van der Waals surface area contributed by atoms with E-state index in [0.29, 0.717) is 6.04 Å². The van der Waals surface area contributed by atoms with Crippen LogP contribution in [0.1, 0.15) is 63.3 Å². The van der Waals surface area contributed by atoms with Gasteiger partial charge in [-0.3, -0.25) is 0 Å². The highest BCUT2D eigenvalue weighted by molar-refractivity contribution is 9.11. The summed E-state index contributed by atoms with van der Waals surface area (Å²) in [5.41, 5.74) is 0. The first-order valence-electron chi connectivity index (χ1n) is 6.87. The monoisotopic (exact) mass is 351 g/mol. The summed E-state index contributed by atoms with van der Waals surface area (Å²) in [7, 11) is 0. The second-order valence-electron chi connectivity index (χ2n) is 4.58. The Morgan fingerprint density at radius 1 is 1.28 bits per heavy atom. The molecule has 0 aromatic carbocycles. The maximum Gasteiger partial charge on any atom is 0.0887 e. The molecule has 0 aliphatic rings. The molecule has 0 aliphatic carbocycles. The van der Waals surface area contributed by atoms with Gasteiger partial charge < -0.3 is 5.32 Å². The largest absolute Gasteiger partial charge is 0.310 e. The van der Waals surface area contributed by atoms with E-state index in [1.165, 1.54) is 43.4 Å². The molecule has 1 rings (SSSR count). The van der Waals surface area contributed by atoms with Gasteiger partial charge in [0.05, 0.1) is 8.81 Å². The highest BCUT2D eigenvalue weighted by Crippen LogP contribution is 2.36. The van der Waals surface area contributed by atoms with Crippen molar-refractivity contribution in [1.82, 2.24) is 5.32 Å². The van der Waals surface area contributed by atoms with E-state index in [-0.39, 0.29) is 0 Å². The third-order valence-electron chi connectivity index (χ3n) is 3.05. The van der Waals surface area contributed by atoms with E-state index < -0.39 is 0 Å². The van der Waals surface area contributed by atoms with Crippen molar-refractivity contribution in [3.05, 3.63) is 19.8 Å². The van der Waals surface area contributed by atoms with Crippen molar-refractivity contribution < 1.29 is 0 Å². The van der Waals surface area contributed by atoms with Crippen LogP contribution in [0.25, 0.3) is 0 Å². The molecular weight excluding hydrogens is 330 g/mol. The molecule has 1 aromatic heterocycles. The lowest BCUT2D eigenvalue weighted by atomic mass is 10.1. The standard InChI is InChI=1S/C14H23BrClNS/c1-3-5-6-7-8-9-12(17-4-2)13-10-11(16)14(15)18-13/h10,12,17H,3-9H2,1-2H3. The molecule has 0 saturated heterocycles. The number of hydrogen-bond donors (Lipinski definition) is 1. The summed E-state index contributed by atoms with van der Waals surface area (Å²) < 4.78 is 1.05. The third kappa shape index (κ3) is 5.60. The van der Waals surface area contributed by atoms with Gasteiger partial charge >= 0.3 is 0 Å². The molecule has 0 amide bonds. The smallest absolute Gasteiger partial charge is 0.0887 e. The van der Waals surface area contributed by atoms with Crippen LogP contribution in [0.2, 0.25) is 5.02 Å². The van der Waals surface area contributed by atoms with E-state index >= 15 is 0 Å². The van der Waals surface area contributed by atoms with Crippen molar-refractivity contribution >= 4 is 38.9 Å². The molecule has 104 valence electrons. The molecule has 0 saturated carbocycles. The molecule has 4 heteroatoms. The van der Waals surface area contributed by atoms with E-state index in [1.54, 1.807) is 11.3 Å². The van der Waals surface area contributed by atoms with Gasteiger partial charge in [0.15, 0.2) is 0 Å². The third-order valence-corrected chi connectivity index (χ3v) is 5.64. The molecule has 0 radical (unpaired) electrons. The fraction of sp³-hybridized carbons (Fsp3) is 0.714. The van der Waals surface area contributed by atoms with Crippen LogP contribution in [0, 0.1) is 0 Å². The van der Waals surface area contributed by atoms with Crippen LogP contribution in [0.15, 0.2) is 9.85 Å². The number of rotatable bonds is 9. The summed E-state index contributed by atoms with van der Waals surface area (Å²) in [5.74, 6) is 0. The lowest BCUT2D eigenvalue weighted by Gasteiger charge is -2.16. The molecule has 0 aliphatic heterocycles. The average Bonchev–Trinajstić information content (AvgIpc) is 2.68. The van der Waals surface area contributed by atoms with Gasteiger partial charge in [-0.25, -0.2) is 0 Å². The number of halogens is 2. The number of thiophene rings is 1. The Bertz CT molecular complexity index is 321. The van der Waals surface area contributed by atoms with Crippen LogP contribution in [0.4, 0.5) is 0 Å². The van der Waals surface area contributed by atoms with E-state index in [1.807, 2.05) is 0 Å². The van der Waals surface area contributed by atoms with Gasteiger partial charge in [0.2, 0.25) is 0 Å². The van der Waals surface area contributed by atoms with Crippen LogP contribution < -0.4 is 5.32 Å². The van der Waals surface area contributed by atoms with Gasteiger partial charge in [-0.1, -0.05) is 57.6 Å². The van der Waals surface area contributed by atoms with Crippen LogP contribution in [-0.2, 0) is 0 Å². The Hall–Kier alpha value is 0.430. The van der Waals surface area contributed by atoms with E-state index in [2.05, 4.69) is 41.2 Å². The second kappa shape index (κ2) is 9.35. The van der Waals surface area contributed by atoms with E-state index in [9.17, 15) is 0 Å². The molecule has 1 atom stereocenters. The summed E-state index contributed by atoms with van der Waals surface area (Å²) >= 11 is 11.4. The number of unbranched alkanes of at least 4 members (excludes halogenated alkanes) is 4. The Kier molecular flexibility index (Phi) is 8.56. The SMILES string of the molecule is CCCCCCCC(NCC)c1cc(Cl)c(Br)s1. The minimum atomic E-state index is 0.463. The van der Waals surface area contributed by atoms with E-state index in [0.717, 1.165) is 15.4 Å². The van der Waals surface area contributed by atoms with E-state index in [4.69, 9.17) is 11.6 Å². The van der Waals surface area contributed by atoms with Crippen molar-refractivity contribution in [1.29, 1.82) is 0 Å². The first-order valence-corrected chi connectivity index (χ1v) is 8.85. The van der Waals surface area contributed by atoms with Gasteiger partial charge in [0, 0.05) is 10.9 Å². The number of hydrogen-bond acceptors (Lipinski definition) is 2. The Balaban J connectivity index is 2.44. The summed E-state index contributed by atoms with van der Waals surface area (Å²) in [6.07, 6.45) is 7.89. The highest BCUT2D eigenvalue weighted by atomic mass is 79.9. The lowest BCUT2D eigenvalue weighted by Crippen LogP contribution is -2.19. The van der Waals surface area contributed by atoms with Crippen molar-refractivity contribution in [3.8, 4) is 0 Å². The highest BCUT2D eigenvalue weighted by Gasteiger charge is 2.14. The lowest BCUT2D eigenvalue weighted by molar-refractivity contribution is 0.484. The van der Waals surface area contributed by atoms with Crippen molar-refractivity contribution in [3.63, 3.8) is 0 Å². The molecule has 18 heavy (non-hydrogen) atoms. The fourth-order valence-corrected chi connectivity index (χ4v) is 3.94. The van der Waals surface area contributed by atoms with Gasteiger partial charge in [-0.15, -0.1) is 11.3 Å². The molecule has 1 unspecified atom stereocenters. The van der Waals surface area contributed by atoms with Crippen molar-refractivity contribution in [2.24, 2.45) is 0 Å². The molecule has 0 fully saturated rings. The van der Waals surface area contributed by atoms with Crippen molar-refractivity contribution in [2.45, 2.75) is 58.4 Å². The zero-order valence-electron chi connectivity index (χ0n) is 11.3. The topological polar surface area (TPSA) is 12.0 Å². The average molecular weight is 353 g/mol. The number of nitrogens with one attached hydrogen (secondary N) is 1. The molecule has 1 heterocycles. The zero-order chi connectivity index (χ0) is 13.4. The molecule has 0 bridgehead atoms. The van der Waals surface area contributed by atoms with Crippen LogP contribution in [0.3, 0.4) is 0 Å². The summed E-state index contributed by atoms with van der Waals surface area (Å²) in [6.45, 7) is 5.42. The minimum absolute atomic E-state index is 0.463. The second-order valence-corrected chi connectivity index (χ2v) is 7.39. The maximum absolute atomic E-state index is 6.11. The quantitative estimate of drug-likeness (QED) is 0.524. The minimum Gasteiger partial charge on any atom is -0.310 e. The van der Waals surface area contributed by atoms with Gasteiger partial charge in [-0.05, 0) is 35.0 Å². The molecule has 1 nitrogen and oxygen atoms in total. The Morgan fingerprint density at radius 3 is 2.56 bits per heavy atom. The normalized spacial score (nSPS) is 12.9. The predicted octanol–water partition coefficient (Wildman–Crippen LogP) is 6.18. The fourth-order valence-electron chi connectivity index (χ4n) is 2.08. The predicted molar refractivity (Wildman–Crippen MR) is 86.8 cm³/mol. The van der Waals surface area contributed by atoms with Gasteiger partial charge in [0.1, 0.15) is 0 Å². The first-order chi connectivity index (χ1) is 8.69. The summed E-state index contributed by atoms with van der Waals surface area (Å²) in [6, 6.07) is 2.56. The Morgan fingerprint density at radius 2 is 2.00 bits per heavy atom.